The number of nitro benzene ring substituents is 1. The minimum atomic E-state index is -4.00. The highest BCUT2D eigenvalue weighted by Gasteiger charge is 2.35. The molecule has 7 nitrogen and oxygen atoms in total. The van der Waals surface area contributed by atoms with Gasteiger partial charge in [0, 0.05) is 23.7 Å². The van der Waals surface area contributed by atoms with Gasteiger partial charge in [0.2, 0.25) is 10.0 Å². The number of rotatable bonds is 6. The van der Waals surface area contributed by atoms with Crippen molar-refractivity contribution in [2.24, 2.45) is 11.7 Å². The topological polar surface area (TPSA) is 115 Å². The molecule has 3 N–H and O–H groups in total. The molecule has 1 fully saturated rings. The van der Waals surface area contributed by atoms with Crippen molar-refractivity contribution in [3.05, 3.63) is 33.3 Å². The smallest absolute Gasteiger partial charge is 0.290 e. The second-order valence-electron chi connectivity index (χ2n) is 4.67. The third-order valence-corrected chi connectivity index (χ3v) is 4.93. The number of sulfonamides is 1. The Labute approximate surface area is 121 Å². The minimum absolute atomic E-state index is 0.105. The average Bonchev–Trinajstić information content (AvgIpc) is 3.19. The molecular formula is C11H14ClN3O4S. The highest BCUT2D eigenvalue weighted by Crippen LogP contribution is 2.34. The molecule has 0 aliphatic heterocycles. The molecule has 0 radical (unpaired) electrons. The quantitative estimate of drug-likeness (QED) is 0.605. The van der Waals surface area contributed by atoms with Crippen molar-refractivity contribution >= 4 is 27.3 Å². The molecule has 0 bridgehead atoms. The van der Waals surface area contributed by atoms with Gasteiger partial charge in [-0.2, -0.15) is 0 Å². The van der Waals surface area contributed by atoms with Crippen LogP contribution in [0.5, 0.6) is 0 Å². The van der Waals surface area contributed by atoms with Crippen molar-refractivity contribution in [1.82, 2.24) is 4.72 Å². The zero-order valence-corrected chi connectivity index (χ0v) is 12.0. The number of nitrogens with two attached hydrogens (primary N) is 1. The summed E-state index contributed by atoms with van der Waals surface area (Å²) in [4.78, 5) is 9.79. The van der Waals surface area contributed by atoms with Crippen LogP contribution in [-0.2, 0) is 10.0 Å². The van der Waals surface area contributed by atoms with Crippen molar-refractivity contribution in [2.75, 3.05) is 6.54 Å². The Balaban J connectivity index is 2.35. The van der Waals surface area contributed by atoms with Crippen LogP contribution >= 0.6 is 11.6 Å². The number of nitrogens with zero attached hydrogens (tertiary/aromatic N) is 1. The van der Waals surface area contributed by atoms with E-state index in [-0.39, 0.29) is 17.5 Å². The predicted molar refractivity (Wildman–Crippen MR) is 74.0 cm³/mol. The van der Waals surface area contributed by atoms with Gasteiger partial charge >= 0.3 is 0 Å². The summed E-state index contributed by atoms with van der Waals surface area (Å²) in [6.07, 6.45) is 1.82. The molecule has 1 aromatic rings. The van der Waals surface area contributed by atoms with Crippen molar-refractivity contribution in [3.8, 4) is 0 Å². The second-order valence-corrected chi connectivity index (χ2v) is 6.79. The highest BCUT2D eigenvalue weighted by atomic mass is 35.5. The second kappa shape index (κ2) is 5.65. The molecular weight excluding hydrogens is 306 g/mol. The average molecular weight is 320 g/mol. The van der Waals surface area contributed by atoms with Crippen molar-refractivity contribution in [3.63, 3.8) is 0 Å². The number of benzene rings is 1. The Morgan fingerprint density at radius 2 is 2.15 bits per heavy atom. The van der Waals surface area contributed by atoms with Crippen LogP contribution in [0.1, 0.15) is 12.8 Å². The number of hydrogen-bond acceptors (Lipinski definition) is 5. The maximum Gasteiger partial charge on any atom is 0.290 e. The molecule has 2 rings (SSSR count). The van der Waals surface area contributed by atoms with E-state index >= 15 is 0 Å². The fourth-order valence-corrected chi connectivity index (χ4v) is 3.60. The van der Waals surface area contributed by atoms with Crippen molar-refractivity contribution < 1.29 is 13.3 Å². The van der Waals surface area contributed by atoms with Gasteiger partial charge in [0.15, 0.2) is 4.90 Å². The summed E-state index contributed by atoms with van der Waals surface area (Å²) in [5.74, 6) is 0.209. The molecule has 1 aliphatic rings. The molecule has 1 aliphatic carbocycles. The molecule has 0 heterocycles. The van der Waals surface area contributed by atoms with Gasteiger partial charge in [-0.05, 0) is 30.9 Å². The summed E-state index contributed by atoms with van der Waals surface area (Å²) < 4.78 is 26.9. The van der Waals surface area contributed by atoms with E-state index in [2.05, 4.69) is 4.72 Å². The first-order valence-corrected chi connectivity index (χ1v) is 7.87. The molecule has 0 spiro atoms. The summed E-state index contributed by atoms with van der Waals surface area (Å²) in [5, 5.41) is 11.1. The zero-order chi connectivity index (χ0) is 14.9. The van der Waals surface area contributed by atoms with E-state index in [1.807, 2.05) is 0 Å². The predicted octanol–water partition coefficient (Wildman–Crippen LogP) is 1.26. The van der Waals surface area contributed by atoms with Crippen LogP contribution < -0.4 is 10.5 Å². The summed E-state index contributed by atoms with van der Waals surface area (Å²) >= 11 is 5.66. The largest absolute Gasteiger partial charge is 0.329 e. The summed E-state index contributed by atoms with van der Waals surface area (Å²) in [6.45, 7) is 0.158. The summed E-state index contributed by atoms with van der Waals surface area (Å²) in [6, 6.07) is 3.06. The first-order chi connectivity index (χ1) is 9.35. The van der Waals surface area contributed by atoms with Crippen LogP contribution in [0.25, 0.3) is 0 Å². The highest BCUT2D eigenvalue weighted by molar-refractivity contribution is 7.89. The summed E-state index contributed by atoms with van der Waals surface area (Å²) in [5.41, 5.74) is 4.99. The van der Waals surface area contributed by atoms with Gasteiger partial charge in [-0.1, -0.05) is 11.6 Å². The minimum Gasteiger partial charge on any atom is -0.329 e. The normalized spacial score (nSPS) is 16.9. The van der Waals surface area contributed by atoms with Gasteiger partial charge < -0.3 is 5.73 Å². The molecule has 9 heteroatoms. The number of nitro groups is 1. The standard InChI is InChI=1S/C11H14ClN3O4S/c12-8-3-4-11(10(5-8)15(16)17)20(18,19)14-9(6-13)7-1-2-7/h3-5,7,9,14H,1-2,6,13H2. The van der Waals surface area contributed by atoms with Crippen LogP contribution in [0, 0.1) is 16.0 Å². The maximum absolute atomic E-state index is 12.3. The molecule has 0 aromatic heterocycles. The summed E-state index contributed by atoms with van der Waals surface area (Å²) in [7, 11) is -4.00. The van der Waals surface area contributed by atoms with Gasteiger partial charge in [0.25, 0.3) is 5.69 Å². The zero-order valence-electron chi connectivity index (χ0n) is 10.5. The Morgan fingerprint density at radius 1 is 1.50 bits per heavy atom. The van der Waals surface area contributed by atoms with Crippen LogP contribution in [-0.4, -0.2) is 25.9 Å². The third-order valence-electron chi connectivity index (χ3n) is 3.16. The van der Waals surface area contributed by atoms with E-state index in [1.165, 1.54) is 6.07 Å². The fourth-order valence-electron chi connectivity index (χ4n) is 1.96. The first kappa shape index (κ1) is 15.2. The molecule has 1 saturated carbocycles. The van der Waals surface area contributed by atoms with Crippen LogP contribution in [0.4, 0.5) is 5.69 Å². The molecule has 0 saturated heterocycles. The van der Waals surface area contributed by atoms with Gasteiger partial charge in [-0.15, -0.1) is 0 Å². The lowest BCUT2D eigenvalue weighted by atomic mass is 10.2. The molecule has 0 amide bonds. The fraction of sp³-hybridized carbons (Fsp3) is 0.455. The molecule has 1 unspecified atom stereocenters. The monoisotopic (exact) mass is 319 g/mol. The molecule has 20 heavy (non-hydrogen) atoms. The first-order valence-electron chi connectivity index (χ1n) is 6.01. The molecule has 1 atom stereocenters. The van der Waals surface area contributed by atoms with Gasteiger partial charge in [0.1, 0.15) is 0 Å². The molecule has 110 valence electrons. The lowest BCUT2D eigenvalue weighted by molar-refractivity contribution is -0.387. The lowest BCUT2D eigenvalue weighted by Gasteiger charge is -2.16. The third kappa shape index (κ3) is 3.26. The van der Waals surface area contributed by atoms with Crippen LogP contribution in [0.15, 0.2) is 23.1 Å². The maximum atomic E-state index is 12.3. The van der Waals surface area contributed by atoms with E-state index in [0.717, 1.165) is 25.0 Å². The van der Waals surface area contributed by atoms with Crippen molar-refractivity contribution in [2.45, 2.75) is 23.8 Å². The Bertz CT molecular complexity index is 631. The Hall–Kier alpha value is -1.22. The number of hydrogen-bond donors (Lipinski definition) is 2. The SMILES string of the molecule is NCC(NS(=O)(=O)c1ccc(Cl)cc1[N+](=O)[O-])C1CC1. The lowest BCUT2D eigenvalue weighted by Crippen LogP contribution is -2.41. The van der Waals surface area contributed by atoms with E-state index in [9.17, 15) is 18.5 Å². The number of nitrogens with one attached hydrogen (secondary N) is 1. The van der Waals surface area contributed by atoms with E-state index in [0.29, 0.717) is 0 Å². The van der Waals surface area contributed by atoms with Crippen LogP contribution in [0.2, 0.25) is 5.02 Å². The van der Waals surface area contributed by atoms with Gasteiger partial charge in [-0.3, -0.25) is 10.1 Å². The van der Waals surface area contributed by atoms with E-state index in [4.69, 9.17) is 17.3 Å². The number of halogens is 1. The van der Waals surface area contributed by atoms with Gasteiger partial charge in [0.05, 0.1) is 4.92 Å². The Morgan fingerprint density at radius 3 is 2.65 bits per heavy atom. The van der Waals surface area contributed by atoms with E-state index < -0.39 is 31.6 Å². The Kier molecular flexibility index (Phi) is 4.28. The van der Waals surface area contributed by atoms with Crippen molar-refractivity contribution in [1.29, 1.82) is 0 Å². The van der Waals surface area contributed by atoms with E-state index in [1.54, 1.807) is 0 Å². The van der Waals surface area contributed by atoms with Gasteiger partial charge in [-0.25, -0.2) is 13.1 Å². The van der Waals surface area contributed by atoms with Crippen LogP contribution in [0.3, 0.4) is 0 Å². The molecule has 1 aromatic carbocycles.